The van der Waals surface area contributed by atoms with Crippen LogP contribution < -0.4 is 4.74 Å². The van der Waals surface area contributed by atoms with E-state index in [-0.39, 0.29) is 5.78 Å². The Kier molecular flexibility index (Phi) is 3.80. The molecule has 0 saturated heterocycles. The van der Waals surface area contributed by atoms with E-state index >= 15 is 0 Å². The van der Waals surface area contributed by atoms with Crippen LogP contribution in [0.3, 0.4) is 0 Å². The van der Waals surface area contributed by atoms with E-state index in [1.807, 2.05) is 0 Å². The first-order chi connectivity index (χ1) is 9.15. The topological polar surface area (TPSA) is 52.6 Å². The number of hydrogen-bond acceptors (Lipinski definition) is 4. The summed E-state index contributed by atoms with van der Waals surface area (Å²) in [5.41, 5.74) is 1.66. The van der Waals surface area contributed by atoms with Crippen molar-refractivity contribution in [1.82, 2.24) is 0 Å². The van der Waals surface area contributed by atoms with Gasteiger partial charge in [0, 0.05) is 23.1 Å². The number of ketones is 1. The molecule has 1 aliphatic rings. The van der Waals surface area contributed by atoms with Gasteiger partial charge in [-0.15, -0.1) is 0 Å². The van der Waals surface area contributed by atoms with E-state index in [1.165, 1.54) is 7.11 Å². The van der Waals surface area contributed by atoms with Crippen molar-refractivity contribution in [2.75, 3.05) is 14.2 Å². The Hall–Kier alpha value is -2.36. The Morgan fingerprint density at radius 1 is 1.00 bits per heavy atom. The highest BCUT2D eigenvalue weighted by Gasteiger charge is 2.21. The summed E-state index contributed by atoms with van der Waals surface area (Å²) in [4.78, 5) is 23.6. The lowest BCUT2D eigenvalue weighted by Crippen LogP contribution is -2.07. The minimum Gasteiger partial charge on any atom is -0.497 e. The molecular weight excluding hydrogens is 244 g/mol. The van der Waals surface area contributed by atoms with Crippen LogP contribution in [-0.2, 0) is 9.53 Å². The molecule has 0 aliphatic heterocycles. The van der Waals surface area contributed by atoms with Crippen molar-refractivity contribution >= 4 is 11.8 Å². The van der Waals surface area contributed by atoms with Gasteiger partial charge in [-0.1, -0.05) is 12.2 Å². The van der Waals surface area contributed by atoms with Crippen molar-refractivity contribution < 1.29 is 19.1 Å². The number of rotatable bonds is 4. The van der Waals surface area contributed by atoms with Crippen molar-refractivity contribution in [3.63, 3.8) is 0 Å². The zero-order chi connectivity index (χ0) is 13.8. The quantitative estimate of drug-likeness (QED) is 0.614. The summed E-state index contributed by atoms with van der Waals surface area (Å²) in [6.45, 7) is 0. The van der Waals surface area contributed by atoms with E-state index in [9.17, 15) is 9.59 Å². The predicted molar refractivity (Wildman–Crippen MR) is 70.1 cm³/mol. The molecule has 0 bridgehead atoms. The number of esters is 1. The van der Waals surface area contributed by atoms with Crippen molar-refractivity contribution in [3.8, 4) is 5.75 Å². The molecule has 1 aromatic rings. The van der Waals surface area contributed by atoms with Crippen molar-refractivity contribution in [2.45, 2.75) is 6.42 Å². The monoisotopic (exact) mass is 258 g/mol. The number of carbonyl (C=O) groups is 2. The fourth-order valence-electron chi connectivity index (χ4n) is 1.88. The van der Waals surface area contributed by atoms with Gasteiger partial charge in [-0.25, -0.2) is 4.79 Å². The molecule has 2 rings (SSSR count). The number of carbonyl (C=O) groups excluding carboxylic acids is 2. The molecule has 0 spiro atoms. The average molecular weight is 258 g/mol. The molecule has 0 heterocycles. The zero-order valence-electron chi connectivity index (χ0n) is 10.8. The molecule has 0 fully saturated rings. The Bertz CT molecular complexity index is 564. The standard InChI is InChI=1S/C15H14O4/c1-18-13-7-5-10(6-8-13)14(16)11-3-4-12(9-11)15(17)19-2/h3-8H,9H2,1-2H3. The van der Waals surface area contributed by atoms with Crippen LogP contribution in [0.5, 0.6) is 5.75 Å². The Morgan fingerprint density at radius 2 is 1.63 bits per heavy atom. The van der Waals surface area contributed by atoms with E-state index in [1.54, 1.807) is 43.5 Å². The average Bonchev–Trinajstić information content (AvgIpc) is 2.95. The van der Waals surface area contributed by atoms with Crippen LogP contribution in [0.15, 0.2) is 47.6 Å². The fraction of sp³-hybridized carbons (Fsp3) is 0.200. The van der Waals surface area contributed by atoms with Gasteiger partial charge in [0.2, 0.25) is 0 Å². The molecule has 0 aromatic heterocycles. The number of hydrogen-bond donors (Lipinski definition) is 0. The molecule has 4 heteroatoms. The van der Waals surface area contributed by atoms with Gasteiger partial charge < -0.3 is 9.47 Å². The summed E-state index contributed by atoms with van der Waals surface area (Å²) in [6, 6.07) is 6.88. The first kappa shape index (κ1) is 13.1. The van der Waals surface area contributed by atoms with Gasteiger partial charge in [0.1, 0.15) is 5.75 Å². The first-order valence-electron chi connectivity index (χ1n) is 5.82. The van der Waals surface area contributed by atoms with E-state index in [2.05, 4.69) is 4.74 Å². The lowest BCUT2D eigenvalue weighted by atomic mass is 10.0. The van der Waals surface area contributed by atoms with Gasteiger partial charge in [-0.2, -0.15) is 0 Å². The van der Waals surface area contributed by atoms with Gasteiger partial charge in [-0.05, 0) is 24.3 Å². The normalized spacial score (nSPS) is 13.6. The fourth-order valence-corrected chi connectivity index (χ4v) is 1.88. The third kappa shape index (κ3) is 2.73. The van der Waals surface area contributed by atoms with E-state index in [0.717, 1.165) is 0 Å². The van der Waals surface area contributed by atoms with Crippen molar-refractivity contribution in [1.29, 1.82) is 0 Å². The molecule has 0 unspecified atom stereocenters. The first-order valence-corrected chi connectivity index (χ1v) is 5.82. The van der Waals surface area contributed by atoms with E-state index in [0.29, 0.717) is 28.9 Å². The smallest absolute Gasteiger partial charge is 0.334 e. The van der Waals surface area contributed by atoms with Crippen LogP contribution in [-0.4, -0.2) is 26.0 Å². The van der Waals surface area contributed by atoms with Gasteiger partial charge in [0.15, 0.2) is 5.78 Å². The summed E-state index contributed by atoms with van der Waals surface area (Å²) in [6.07, 6.45) is 3.61. The summed E-state index contributed by atoms with van der Waals surface area (Å²) in [5, 5.41) is 0. The second-order valence-corrected chi connectivity index (χ2v) is 4.11. The maximum absolute atomic E-state index is 12.2. The summed E-state index contributed by atoms with van der Waals surface area (Å²) in [5.74, 6) is 0.219. The molecule has 1 aromatic carbocycles. The third-order valence-electron chi connectivity index (χ3n) is 2.96. The minimum absolute atomic E-state index is 0.0854. The summed E-state index contributed by atoms with van der Waals surface area (Å²) >= 11 is 0. The predicted octanol–water partition coefficient (Wildman–Crippen LogP) is 2.31. The van der Waals surface area contributed by atoms with Crippen LogP contribution in [0.1, 0.15) is 16.8 Å². The lowest BCUT2D eigenvalue weighted by molar-refractivity contribution is -0.136. The minimum atomic E-state index is -0.395. The number of Topliss-reactive ketones (excluding diaryl/α,β-unsaturated/α-hetero) is 1. The molecule has 1 aliphatic carbocycles. The lowest BCUT2D eigenvalue weighted by Gasteiger charge is -2.05. The molecule has 19 heavy (non-hydrogen) atoms. The number of ether oxygens (including phenoxy) is 2. The van der Waals surface area contributed by atoms with Crippen LogP contribution >= 0.6 is 0 Å². The second kappa shape index (κ2) is 5.52. The zero-order valence-corrected chi connectivity index (χ0v) is 10.8. The summed E-state index contributed by atoms with van der Waals surface area (Å²) in [7, 11) is 2.90. The largest absolute Gasteiger partial charge is 0.497 e. The van der Waals surface area contributed by atoms with Gasteiger partial charge in [-0.3, -0.25) is 4.79 Å². The summed E-state index contributed by atoms with van der Waals surface area (Å²) < 4.78 is 9.67. The van der Waals surface area contributed by atoms with Gasteiger partial charge in [0.05, 0.1) is 14.2 Å². The molecule has 98 valence electrons. The Labute approximate surface area is 111 Å². The van der Waals surface area contributed by atoms with Gasteiger partial charge in [0.25, 0.3) is 0 Å². The van der Waals surface area contributed by atoms with Crippen molar-refractivity contribution in [2.24, 2.45) is 0 Å². The maximum atomic E-state index is 12.2. The molecule has 0 amide bonds. The van der Waals surface area contributed by atoms with E-state index < -0.39 is 5.97 Å². The SMILES string of the molecule is COC(=O)C1=CC=C(C(=O)c2ccc(OC)cc2)C1. The highest BCUT2D eigenvalue weighted by atomic mass is 16.5. The van der Waals surface area contributed by atoms with Crippen LogP contribution in [0.25, 0.3) is 0 Å². The van der Waals surface area contributed by atoms with E-state index in [4.69, 9.17) is 4.74 Å². The Balaban J connectivity index is 2.08. The molecule has 0 saturated carbocycles. The third-order valence-corrected chi connectivity index (χ3v) is 2.96. The molecule has 0 radical (unpaired) electrons. The van der Waals surface area contributed by atoms with Crippen LogP contribution in [0, 0.1) is 0 Å². The maximum Gasteiger partial charge on any atom is 0.334 e. The molecule has 4 nitrogen and oxygen atoms in total. The highest BCUT2D eigenvalue weighted by molar-refractivity contribution is 6.11. The van der Waals surface area contributed by atoms with Gasteiger partial charge >= 0.3 is 5.97 Å². The highest BCUT2D eigenvalue weighted by Crippen LogP contribution is 2.24. The molecule has 0 N–H and O–H groups in total. The van der Waals surface area contributed by atoms with Crippen molar-refractivity contribution in [3.05, 3.63) is 53.1 Å². The van der Waals surface area contributed by atoms with Crippen LogP contribution in [0.2, 0.25) is 0 Å². The second-order valence-electron chi connectivity index (χ2n) is 4.11. The number of benzene rings is 1. The Morgan fingerprint density at radius 3 is 2.21 bits per heavy atom. The molecular formula is C15H14O4. The number of allylic oxidation sites excluding steroid dienone is 3. The molecule has 0 atom stereocenters. The number of methoxy groups -OCH3 is 2. The van der Waals surface area contributed by atoms with Crippen LogP contribution in [0.4, 0.5) is 0 Å².